The third-order valence-electron chi connectivity index (χ3n) is 3.44. The van der Waals surface area contributed by atoms with Crippen LogP contribution in [0.3, 0.4) is 0 Å². The van der Waals surface area contributed by atoms with Gasteiger partial charge in [-0.25, -0.2) is 0 Å². The highest BCUT2D eigenvalue weighted by atomic mass is 16.2. The molecule has 2 aromatic rings. The number of imide groups is 1. The fraction of sp³-hybridized carbons (Fsp3) is 0.235. The summed E-state index contributed by atoms with van der Waals surface area (Å²) in [4.78, 5) is 35.8. The van der Waals surface area contributed by atoms with Gasteiger partial charge in [0.2, 0.25) is 11.8 Å². The second kappa shape index (κ2) is 8.19. The summed E-state index contributed by atoms with van der Waals surface area (Å²) in [5, 5.41) is 6.41. The maximum Gasteiger partial charge on any atom is 0.258 e. The monoisotopic (exact) mass is 331 g/mol. The van der Waals surface area contributed by atoms with Crippen LogP contribution in [-0.2, 0) is 9.59 Å². The number of rotatable bonds is 4. The van der Waals surface area contributed by atoms with Gasteiger partial charge < -0.3 is 16.5 Å². The number of hydrogen-bond donors (Lipinski definition) is 3. The molecule has 6 N–H and O–H groups in total. The zero-order valence-corrected chi connectivity index (χ0v) is 13.5. The largest absolute Gasteiger partial charge is 0.412 e. The molecule has 0 aliphatic heterocycles. The molecule has 128 valence electrons. The molecular formula is C17H21N3O4. The lowest BCUT2D eigenvalue weighted by molar-refractivity contribution is -0.128. The van der Waals surface area contributed by atoms with Crippen LogP contribution in [0.2, 0.25) is 0 Å². The number of benzene rings is 2. The molecule has 7 heteroatoms. The lowest BCUT2D eigenvalue weighted by atomic mass is 10.0. The van der Waals surface area contributed by atoms with E-state index in [2.05, 4.69) is 10.6 Å². The summed E-state index contributed by atoms with van der Waals surface area (Å²) in [7, 11) is 0. The van der Waals surface area contributed by atoms with Gasteiger partial charge in [0.1, 0.15) is 6.04 Å². The van der Waals surface area contributed by atoms with Crippen molar-refractivity contribution in [1.29, 1.82) is 0 Å². The van der Waals surface area contributed by atoms with Crippen LogP contribution < -0.4 is 16.4 Å². The molecule has 0 aliphatic carbocycles. The van der Waals surface area contributed by atoms with Crippen molar-refractivity contribution in [2.24, 2.45) is 5.73 Å². The van der Waals surface area contributed by atoms with Crippen molar-refractivity contribution in [3.8, 4) is 0 Å². The summed E-state index contributed by atoms with van der Waals surface area (Å²) in [6.07, 6.45) is 0. The molecule has 0 aromatic heterocycles. The SMILES string of the molecule is C[C@@H](N)C(=O)N[C@H](C)C(=O)NC(=O)c1cccc2ccccc12.O. The van der Waals surface area contributed by atoms with Crippen molar-refractivity contribution in [1.82, 2.24) is 10.6 Å². The number of nitrogens with one attached hydrogen (secondary N) is 2. The number of hydrogen-bond acceptors (Lipinski definition) is 4. The normalized spacial score (nSPS) is 12.6. The Balaban J connectivity index is 0.00000288. The molecule has 0 bridgehead atoms. The third kappa shape index (κ3) is 4.37. The van der Waals surface area contributed by atoms with Crippen molar-refractivity contribution in [2.45, 2.75) is 25.9 Å². The van der Waals surface area contributed by atoms with E-state index < -0.39 is 29.8 Å². The van der Waals surface area contributed by atoms with Gasteiger partial charge in [0.15, 0.2) is 0 Å². The Kier molecular flexibility index (Phi) is 6.58. The molecule has 0 radical (unpaired) electrons. The van der Waals surface area contributed by atoms with Crippen molar-refractivity contribution >= 4 is 28.5 Å². The van der Waals surface area contributed by atoms with Gasteiger partial charge in [-0.1, -0.05) is 36.4 Å². The number of amides is 3. The molecule has 0 spiro atoms. The van der Waals surface area contributed by atoms with Crippen LogP contribution in [0, 0.1) is 0 Å². The first-order chi connectivity index (χ1) is 10.9. The van der Waals surface area contributed by atoms with Gasteiger partial charge in [-0.05, 0) is 30.7 Å². The zero-order chi connectivity index (χ0) is 17.0. The first kappa shape index (κ1) is 19.3. The van der Waals surface area contributed by atoms with Gasteiger partial charge in [-0.2, -0.15) is 0 Å². The van der Waals surface area contributed by atoms with Crippen molar-refractivity contribution < 1.29 is 19.9 Å². The zero-order valence-electron chi connectivity index (χ0n) is 13.5. The lowest BCUT2D eigenvalue weighted by Crippen LogP contribution is -2.50. The van der Waals surface area contributed by atoms with Crippen LogP contribution >= 0.6 is 0 Å². The quantitative estimate of drug-likeness (QED) is 0.734. The number of nitrogens with two attached hydrogens (primary N) is 1. The minimum atomic E-state index is -0.854. The van der Waals surface area contributed by atoms with Gasteiger partial charge in [-0.15, -0.1) is 0 Å². The Morgan fingerprint density at radius 3 is 2.25 bits per heavy atom. The Labute approximate surface area is 139 Å². The Morgan fingerprint density at radius 1 is 0.958 bits per heavy atom. The Hall–Kier alpha value is -2.77. The van der Waals surface area contributed by atoms with E-state index in [1.54, 1.807) is 12.1 Å². The molecule has 0 unspecified atom stereocenters. The highest BCUT2D eigenvalue weighted by Crippen LogP contribution is 2.18. The predicted molar refractivity (Wildman–Crippen MR) is 91.3 cm³/mol. The van der Waals surface area contributed by atoms with Gasteiger partial charge in [0.25, 0.3) is 5.91 Å². The second-order valence-corrected chi connectivity index (χ2v) is 5.36. The van der Waals surface area contributed by atoms with E-state index in [4.69, 9.17) is 5.73 Å². The maximum absolute atomic E-state index is 12.3. The maximum atomic E-state index is 12.3. The summed E-state index contributed by atoms with van der Waals surface area (Å²) in [5.74, 6) is -1.55. The molecule has 24 heavy (non-hydrogen) atoms. The Morgan fingerprint density at radius 2 is 1.58 bits per heavy atom. The topological polar surface area (TPSA) is 133 Å². The Bertz CT molecular complexity index is 753. The molecule has 2 atom stereocenters. The molecule has 0 heterocycles. The highest BCUT2D eigenvalue weighted by Gasteiger charge is 2.20. The van der Waals surface area contributed by atoms with E-state index in [9.17, 15) is 14.4 Å². The van der Waals surface area contributed by atoms with Crippen LogP contribution in [0.1, 0.15) is 24.2 Å². The van der Waals surface area contributed by atoms with Crippen molar-refractivity contribution in [3.05, 3.63) is 48.0 Å². The van der Waals surface area contributed by atoms with E-state index in [0.29, 0.717) is 5.56 Å². The van der Waals surface area contributed by atoms with Crippen LogP contribution in [0.4, 0.5) is 0 Å². The summed E-state index contributed by atoms with van der Waals surface area (Å²) in [6, 6.07) is 11.1. The molecule has 7 nitrogen and oxygen atoms in total. The lowest BCUT2D eigenvalue weighted by Gasteiger charge is -2.15. The van der Waals surface area contributed by atoms with Crippen LogP contribution in [-0.4, -0.2) is 35.3 Å². The van der Waals surface area contributed by atoms with Crippen molar-refractivity contribution in [3.63, 3.8) is 0 Å². The van der Waals surface area contributed by atoms with Gasteiger partial charge >= 0.3 is 0 Å². The average molecular weight is 331 g/mol. The minimum Gasteiger partial charge on any atom is -0.412 e. The standard InChI is InChI=1S/C17H19N3O3.H2O/c1-10(18)15(21)19-11(2)16(22)20-17(23)14-9-5-7-12-6-3-4-8-13(12)14;/h3-11H,18H2,1-2H3,(H,19,21)(H,20,22,23);1H2/t10-,11-;/m1./s1. The minimum absolute atomic E-state index is 0. The van der Waals surface area contributed by atoms with Crippen molar-refractivity contribution in [2.75, 3.05) is 0 Å². The second-order valence-electron chi connectivity index (χ2n) is 5.36. The number of fused-ring (bicyclic) bond motifs is 1. The number of carbonyl (C=O) groups is 3. The van der Waals surface area contributed by atoms with E-state index in [1.807, 2.05) is 30.3 Å². The molecule has 0 aliphatic rings. The fourth-order valence-corrected chi connectivity index (χ4v) is 2.12. The van der Waals surface area contributed by atoms with Gasteiger partial charge in [0.05, 0.1) is 6.04 Å². The van der Waals surface area contributed by atoms with Crippen LogP contribution in [0.5, 0.6) is 0 Å². The van der Waals surface area contributed by atoms with E-state index in [0.717, 1.165) is 10.8 Å². The average Bonchev–Trinajstić information content (AvgIpc) is 2.53. The first-order valence-corrected chi connectivity index (χ1v) is 7.29. The molecule has 2 rings (SSSR count). The molecule has 2 aromatic carbocycles. The summed E-state index contributed by atoms with van der Waals surface area (Å²) >= 11 is 0. The summed E-state index contributed by atoms with van der Waals surface area (Å²) in [5.41, 5.74) is 5.83. The first-order valence-electron chi connectivity index (χ1n) is 7.29. The number of carbonyl (C=O) groups excluding carboxylic acids is 3. The van der Waals surface area contributed by atoms with Gasteiger partial charge in [0, 0.05) is 5.56 Å². The van der Waals surface area contributed by atoms with Crippen LogP contribution in [0.25, 0.3) is 10.8 Å². The third-order valence-corrected chi connectivity index (χ3v) is 3.44. The molecular weight excluding hydrogens is 310 g/mol. The smallest absolute Gasteiger partial charge is 0.258 e. The van der Waals surface area contributed by atoms with Gasteiger partial charge in [-0.3, -0.25) is 19.7 Å². The molecule has 0 saturated carbocycles. The molecule has 3 amide bonds. The fourth-order valence-electron chi connectivity index (χ4n) is 2.12. The predicted octanol–water partition coefficient (Wildman–Crippen LogP) is 0.123. The van der Waals surface area contributed by atoms with E-state index >= 15 is 0 Å². The highest BCUT2D eigenvalue weighted by molar-refractivity contribution is 6.13. The van der Waals surface area contributed by atoms with Crippen LogP contribution in [0.15, 0.2) is 42.5 Å². The van der Waals surface area contributed by atoms with E-state index in [1.165, 1.54) is 13.8 Å². The van der Waals surface area contributed by atoms with E-state index in [-0.39, 0.29) is 5.48 Å². The summed E-state index contributed by atoms with van der Waals surface area (Å²) in [6.45, 7) is 3.01. The molecule has 0 fully saturated rings. The summed E-state index contributed by atoms with van der Waals surface area (Å²) < 4.78 is 0. The molecule has 0 saturated heterocycles.